The first-order valence-corrected chi connectivity index (χ1v) is 5.12. The second-order valence-electron chi connectivity index (χ2n) is 3.67. The minimum absolute atomic E-state index is 0.627. The van der Waals surface area contributed by atoms with Crippen LogP contribution in [0.25, 0.3) is 0 Å². The van der Waals surface area contributed by atoms with E-state index in [1.807, 2.05) is 12.5 Å². The van der Waals surface area contributed by atoms with Crippen molar-refractivity contribution in [2.24, 2.45) is 0 Å². The molecule has 2 unspecified atom stereocenters. The van der Waals surface area contributed by atoms with E-state index in [2.05, 4.69) is 28.0 Å². The maximum atomic E-state index is 4.10. The van der Waals surface area contributed by atoms with Gasteiger partial charge < -0.3 is 9.88 Å². The van der Waals surface area contributed by atoms with E-state index in [9.17, 15) is 0 Å². The molecule has 0 spiro atoms. The first-order chi connectivity index (χ1) is 6.42. The summed E-state index contributed by atoms with van der Waals surface area (Å²) < 4.78 is 2.24. The van der Waals surface area contributed by atoms with Crippen molar-refractivity contribution in [2.45, 2.75) is 38.3 Å². The molecule has 3 nitrogen and oxygen atoms in total. The molecule has 1 N–H and O–H groups in total. The number of likely N-dealkylation sites (N-methyl/N-ethyl adjacent to an activating group) is 1. The molecule has 0 saturated heterocycles. The van der Waals surface area contributed by atoms with Gasteiger partial charge in [0, 0.05) is 24.5 Å². The van der Waals surface area contributed by atoms with Crippen molar-refractivity contribution in [3.05, 3.63) is 18.7 Å². The van der Waals surface area contributed by atoms with Crippen LogP contribution in [-0.4, -0.2) is 22.1 Å². The number of rotatable bonds is 3. The van der Waals surface area contributed by atoms with Crippen LogP contribution in [0.15, 0.2) is 18.7 Å². The van der Waals surface area contributed by atoms with Crippen LogP contribution in [0.1, 0.15) is 32.2 Å². The maximum absolute atomic E-state index is 4.10. The normalized spacial score (nSPS) is 28.1. The van der Waals surface area contributed by atoms with E-state index in [0.717, 1.165) is 6.54 Å². The molecule has 0 bridgehead atoms. The lowest BCUT2D eigenvalue weighted by Gasteiger charge is -2.21. The topological polar surface area (TPSA) is 29.9 Å². The van der Waals surface area contributed by atoms with Crippen molar-refractivity contribution in [3.63, 3.8) is 0 Å². The average Bonchev–Trinajstić information content (AvgIpc) is 2.71. The molecule has 1 heterocycles. The van der Waals surface area contributed by atoms with Gasteiger partial charge in [-0.2, -0.15) is 0 Å². The number of hydrogen-bond donors (Lipinski definition) is 1. The van der Waals surface area contributed by atoms with Gasteiger partial charge in [-0.1, -0.05) is 6.92 Å². The van der Waals surface area contributed by atoms with Gasteiger partial charge in [0.05, 0.1) is 6.33 Å². The molecular weight excluding hydrogens is 162 g/mol. The fourth-order valence-corrected chi connectivity index (χ4v) is 2.26. The van der Waals surface area contributed by atoms with Gasteiger partial charge in [-0.15, -0.1) is 0 Å². The van der Waals surface area contributed by atoms with Crippen molar-refractivity contribution >= 4 is 0 Å². The SMILES string of the molecule is CCNC1CCCC1n1ccnc1. The third-order valence-corrected chi connectivity index (χ3v) is 2.85. The lowest BCUT2D eigenvalue weighted by Crippen LogP contribution is -2.33. The minimum Gasteiger partial charge on any atom is -0.333 e. The van der Waals surface area contributed by atoms with Crippen molar-refractivity contribution in [1.29, 1.82) is 0 Å². The van der Waals surface area contributed by atoms with E-state index in [4.69, 9.17) is 0 Å². The Kier molecular flexibility index (Phi) is 2.64. The van der Waals surface area contributed by atoms with E-state index in [1.54, 1.807) is 0 Å². The summed E-state index contributed by atoms with van der Waals surface area (Å²) in [6.07, 6.45) is 9.78. The summed E-state index contributed by atoms with van der Waals surface area (Å²) in [7, 11) is 0. The lowest BCUT2D eigenvalue weighted by molar-refractivity contribution is 0.399. The Morgan fingerprint density at radius 3 is 3.15 bits per heavy atom. The number of imidazole rings is 1. The lowest BCUT2D eigenvalue weighted by atomic mass is 10.1. The molecule has 1 aliphatic rings. The second-order valence-corrected chi connectivity index (χ2v) is 3.67. The Balaban J connectivity index is 2.05. The third-order valence-electron chi connectivity index (χ3n) is 2.85. The Morgan fingerprint density at radius 1 is 1.54 bits per heavy atom. The molecule has 0 radical (unpaired) electrons. The van der Waals surface area contributed by atoms with Gasteiger partial charge in [0.15, 0.2) is 0 Å². The standard InChI is InChI=1S/C10H17N3/c1-2-12-9-4-3-5-10(9)13-7-6-11-8-13/h6-10,12H,2-5H2,1H3. The average molecular weight is 179 g/mol. The summed E-state index contributed by atoms with van der Waals surface area (Å²) in [6, 6.07) is 1.28. The number of nitrogens with zero attached hydrogens (tertiary/aromatic N) is 2. The smallest absolute Gasteiger partial charge is 0.0949 e. The van der Waals surface area contributed by atoms with Crippen molar-refractivity contribution < 1.29 is 0 Å². The van der Waals surface area contributed by atoms with Gasteiger partial charge in [-0.05, 0) is 25.8 Å². The van der Waals surface area contributed by atoms with Crippen LogP contribution >= 0.6 is 0 Å². The minimum atomic E-state index is 0.627. The van der Waals surface area contributed by atoms with Gasteiger partial charge in [-0.3, -0.25) is 0 Å². The van der Waals surface area contributed by atoms with Crippen molar-refractivity contribution in [1.82, 2.24) is 14.9 Å². The van der Waals surface area contributed by atoms with Crippen LogP contribution in [0, 0.1) is 0 Å². The molecule has 0 amide bonds. The zero-order chi connectivity index (χ0) is 9.10. The first kappa shape index (κ1) is 8.75. The Morgan fingerprint density at radius 2 is 2.46 bits per heavy atom. The fraction of sp³-hybridized carbons (Fsp3) is 0.700. The quantitative estimate of drug-likeness (QED) is 0.763. The molecule has 2 rings (SSSR count). The van der Waals surface area contributed by atoms with Crippen LogP contribution < -0.4 is 5.32 Å². The molecule has 2 atom stereocenters. The molecule has 72 valence electrons. The predicted molar refractivity (Wildman–Crippen MR) is 52.6 cm³/mol. The monoisotopic (exact) mass is 179 g/mol. The fourth-order valence-electron chi connectivity index (χ4n) is 2.26. The van der Waals surface area contributed by atoms with E-state index >= 15 is 0 Å². The van der Waals surface area contributed by atoms with Crippen LogP contribution in [0.2, 0.25) is 0 Å². The van der Waals surface area contributed by atoms with Gasteiger partial charge in [0.25, 0.3) is 0 Å². The molecular formula is C10H17N3. The summed E-state index contributed by atoms with van der Waals surface area (Å²) >= 11 is 0. The second kappa shape index (κ2) is 3.92. The highest BCUT2D eigenvalue weighted by atomic mass is 15.1. The van der Waals surface area contributed by atoms with Crippen LogP contribution in [0.3, 0.4) is 0 Å². The van der Waals surface area contributed by atoms with Crippen molar-refractivity contribution in [3.8, 4) is 0 Å². The Bertz CT molecular complexity index is 243. The molecule has 1 aliphatic carbocycles. The molecule has 1 fully saturated rings. The van der Waals surface area contributed by atoms with Crippen LogP contribution in [0.5, 0.6) is 0 Å². The van der Waals surface area contributed by atoms with Gasteiger partial charge in [0.2, 0.25) is 0 Å². The highest BCUT2D eigenvalue weighted by molar-refractivity contribution is 4.91. The summed E-state index contributed by atoms with van der Waals surface area (Å²) in [5.41, 5.74) is 0. The third kappa shape index (κ3) is 1.75. The Labute approximate surface area is 79.2 Å². The number of aromatic nitrogens is 2. The van der Waals surface area contributed by atoms with Gasteiger partial charge in [0.1, 0.15) is 0 Å². The highest BCUT2D eigenvalue weighted by Gasteiger charge is 2.27. The number of hydrogen-bond acceptors (Lipinski definition) is 2. The van der Waals surface area contributed by atoms with Gasteiger partial charge >= 0.3 is 0 Å². The summed E-state index contributed by atoms with van der Waals surface area (Å²) in [5.74, 6) is 0. The molecule has 0 aromatic carbocycles. The molecule has 1 aromatic rings. The van der Waals surface area contributed by atoms with Gasteiger partial charge in [-0.25, -0.2) is 4.98 Å². The molecule has 0 aliphatic heterocycles. The van der Waals surface area contributed by atoms with E-state index in [0.29, 0.717) is 12.1 Å². The molecule has 1 aromatic heterocycles. The largest absolute Gasteiger partial charge is 0.333 e. The summed E-state index contributed by atoms with van der Waals surface area (Å²) in [6.45, 7) is 3.24. The van der Waals surface area contributed by atoms with E-state index < -0.39 is 0 Å². The predicted octanol–water partition coefficient (Wildman–Crippen LogP) is 1.59. The summed E-state index contributed by atoms with van der Waals surface area (Å²) in [5, 5.41) is 3.53. The zero-order valence-electron chi connectivity index (χ0n) is 8.11. The summed E-state index contributed by atoms with van der Waals surface area (Å²) in [4.78, 5) is 4.10. The van der Waals surface area contributed by atoms with E-state index in [1.165, 1.54) is 19.3 Å². The number of nitrogens with one attached hydrogen (secondary N) is 1. The van der Waals surface area contributed by atoms with Crippen molar-refractivity contribution in [2.75, 3.05) is 6.54 Å². The molecule has 3 heteroatoms. The Hall–Kier alpha value is -0.830. The van der Waals surface area contributed by atoms with E-state index in [-0.39, 0.29) is 0 Å². The van der Waals surface area contributed by atoms with Crippen LogP contribution in [-0.2, 0) is 0 Å². The zero-order valence-corrected chi connectivity index (χ0v) is 8.11. The highest BCUT2D eigenvalue weighted by Crippen LogP contribution is 2.29. The first-order valence-electron chi connectivity index (χ1n) is 5.12. The van der Waals surface area contributed by atoms with Crippen LogP contribution in [0.4, 0.5) is 0 Å². The molecule has 13 heavy (non-hydrogen) atoms. The molecule has 1 saturated carbocycles. The maximum Gasteiger partial charge on any atom is 0.0949 e.